The largest absolute Gasteiger partial charge is 0.465 e. The van der Waals surface area contributed by atoms with Crippen LogP contribution in [-0.4, -0.2) is 22.6 Å². The number of carbonyl (C=O) groups is 1. The normalized spacial score (nSPS) is 10.9. The SMILES string of the molecule is CCCc1c([N+](=O)[O-])c2ccc(C(=O)OC)cc2n1Cc1ccccc1Cl. The van der Waals surface area contributed by atoms with Gasteiger partial charge in [0.25, 0.3) is 5.69 Å². The van der Waals surface area contributed by atoms with E-state index in [2.05, 4.69) is 0 Å². The van der Waals surface area contributed by atoms with Crippen molar-refractivity contribution in [3.05, 3.63) is 74.4 Å². The van der Waals surface area contributed by atoms with Gasteiger partial charge in [-0.2, -0.15) is 0 Å². The fourth-order valence-electron chi connectivity index (χ4n) is 3.30. The number of halogens is 1. The lowest BCUT2D eigenvalue weighted by Crippen LogP contribution is -2.07. The number of carbonyl (C=O) groups excluding carboxylic acids is 1. The van der Waals surface area contributed by atoms with Crippen molar-refractivity contribution >= 4 is 34.2 Å². The molecular weight excluding hydrogens is 368 g/mol. The van der Waals surface area contributed by atoms with Crippen LogP contribution in [-0.2, 0) is 17.7 Å². The van der Waals surface area contributed by atoms with Gasteiger partial charge in [0.15, 0.2) is 0 Å². The van der Waals surface area contributed by atoms with Gasteiger partial charge in [-0.1, -0.05) is 43.1 Å². The van der Waals surface area contributed by atoms with E-state index >= 15 is 0 Å². The maximum atomic E-state index is 11.9. The highest BCUT2D eigenvalue weighted by Crippen LogP contribution is 2.35. The molecule has 0 spiro atoms. The number of nitro groups is 1. The third-order valence-electron chi connectivity index (χ3n) is 4.52. The highest BCUT2D eigenvalue weighted by Gasteiger charge is 2.26. The lowest BCUT2D eigenvalue weighted by molar-refractivity contribution is -0.383. The fourth-order valence-corrected chi connectivity index (χ4v) is 3.50. The Hall–Kier alpha value is -2.86. The summed E-state index contributed by atoms with van der Waals surface area (Å²) >= 11 is 6.31. The van der Waals surface area contributed by atoms with E-state index in [1.807, 2.05) is 29.7 Å². The van der Waals surface area contributed by atoms with Crippen LogP contribution in [0.2, 0.25) is 5.02 Å². The van der Waals surface area contributed by atoms with Gasteiger partial charge in [-0.3, -0.25) is 10.1 Å². The molecule has 0 atom stereocenters. The minimum absolute atomic E-state index is 0.0790. The van der Waals surface area contributed by atoms with Gasteiger partial charge >= 0.3 is 5.97 Å². The predicted octanol–water partition coefficient (Wildman–Crippen LogP) is 4.99. The first-order valence-corrected chi connectivity index (χ1v) is 8.97. The Morgan fingerprint density at radius 3 is 2.63 bits per heavy atom. The molecule has 0 saturated heterocycles. The summed E-state index contributed by atoms with van der Waals surface area (Å²) in [4.78, 5) is 23.4. The van der Waals surface area contributed by atoms with Crippen molar-refractivity contribution in [1.82, 2.24) is 4.57 Å². The highest BCUT2D eigenvalue weighted by atomic mass is 35.5. The number of ether oxygens (including phenoxy) is 1. The minimum atomic E-state index is -0.484. The van der Waals surface area contributed by atoms with Crippen LogP contribution in [0.4, 0.5) is 5.69 Å². The zero-order valence-electron chi connectivity index (χ0n) is 15.1. The summed E-state index contributed by atoms with van der Waals surface area (Å²) in [6.07, 6.45) is 1.30. The molecule has 27 heavy (non-hydrogen) atoms. The Kier molecular flexibility index (Phi) is 5.46. The second-order valence-electron chi connectivity index (χ2n) is 6.20. The van der Waals surface area contributed by atoms with Crippen LogP contribution in [0, 0.1) is 10.1 Å². The molecule has 2 aromatic carbocycles. The molecule has 140 valence electrons. The number of hydrogen-bond donors (Lipinski definition) is 0. The topological polar surface area (TPSA) is 74.4 Å². The first-order valence-electron chi connectivity index (χ1n) is 8.59. The molecule has 0 radical (unpaired) electrons. The Labute approximate surface area is 161 Å². The molecule has 0 fully saturated rings. The van der Waals surface area contributed by atoms with Crippen LogP contribution in [0.5, 0.6) is 0 Å². The number of hydrogen-bond acceptors (Lipinski definition) is 4. The van der Waals surface area contributed by atoms with E-state index in [9.17, 15) is 14.9 Å². The molecule has 0 aliphatic carbocycles. The van der Waals surface area contributed by atoms with E-state index in [0.717, 1.165) is 12.0 Å². The number of rotatable bonds is 6. The predicted molar refractivity (Wildman–Crippen MR) is 104 cm³/mol. The molecule has 0 N–H and O–H groups in total. The van der Waals surface area contributed by atoms with Gasteiger partial charge in [-0.25, -0.2) is 4.79 Å². The third-order valence-corrected chi connectivity index (χ3v) is 4.89. The van der Waals surface area contributed by atoms with E-state index in [1.165, 1.54) is 7.11 Å². The van der Waals surface area contributed by atoms with Crippen molar-refractivity contribution in [1.29, 1.82) is 0 Å². The third kappa shape index (κ3) is 3.53. The summed E-state index contributed by atoms with van der Waals surface area (Å²) in [5.74, 6) is -0.484. The van der Waals surface area contributed by atoms with E-state index in [4.69, 9.17) is 16.3 Å². The van der Waals surface area contributed by atoms with Crippen LogP contribution in [0.25, 0.3) is 10.9 Å². The van der Waals surface area contributed by atoms with Crippen molar-refractivity contribution in [2.45, 2.75) is 26.3 Å². The number of nitrogens with zero attached hydrogens (tertiary/aromatic N) is 2. The Morgan fingerprint density at radius 1 is 1.26 bits per heavy atom. The van der Waals surface area contributed by atoms with Crippen LogP contribution in [0.15, 0.2) is 42.5 Å². The van der Waals surface area contributed by atoms with Gasteiger partial charge < -0.3 is 9.30 Å². The highest BCUT2D eigenvalue weighted by molar-refractivity contribution is 6.31. The van der Waals surface area contributed by atoms with Crippen molar-refractivity contribution in [3.63, 3.8) is 0 Å². The summed E-state index contributed by atoms with van der Waals surface area (Å²) in [5, 5.41) is 12.9. The zero-order valence-corrected chi connectivity index (χ0v) is 15.8. The second-order valence-corrected chi connectivity index (χ2v) is 6.61. The number of methoxy groups -OCH3 is 1. The molecule has 3 aromatic rings. The standard InChI is InChI=1S/C20H19ClN2O4/c1-3-6-17-19(23(25)26)15-10-9-13(20(24)27-2)11-18(15)22(17)12-14-7-4-5-8-16(14)21/h4-5,7-11H,3,6,12H2,1-2H3. The van der Waals surface area contributed by atoms with Crippen molar-refractivity contribution in [2.24, 2.45) is 0 Å². The average Bonchev–Trinajstić information content (AvgIpc) is 2.96. The minimum Gasteiger partial charge on any atom is -0.465 e. The van der Waals surface area contributed by atoms with Gasteiger partial charge in [0.05, 0.1) is 34.2 Å². The van der Waals surface area contributed by atoms with Crippen LogP contribution >= 0.6 is 11.6 Å². The van der Waals surface area contributed by atoms with Crippen LogP contribution < -0.4 is 0 Å². The summed E-state index contributed by atoms with van der Waals surface area (Å²) in [5.41, 5.74) is 2.52. The van der Waals surface area contributed by atoms with E-state index in [1.54, 1.807) is 24.3 Å². The molecule has 0 bridgehead atoms. The quantitative estimate of drug-likeness (QED) is 0.340. The lowest BCUT2D eigenvalue weighted by Gasteiger charge is -2.11. The Balaban J connectivity index is 2.29. The maximum absolute atomic E-state index is 11.9. The number of esters is 1. The monoisotopic (exact) mass is 386 g/mol. The van der Waals surface area contributed by atoms with Gasteiger partial charge in [0, 0.05) is 11.6 Å². The van der Waals surface area contributed by atoms with Gasteiger partial charge in [-0.05, 0) is 36.2 Å². The first kappa shape index (κ1) is 18.9. The zero-order chi connectivity index (χ0) is 19.6. The maximum Gasteiger partial charge on any atom is 0.337 e. The van der Waals surface area contributed by atoms with Crippen molar-refractivity contribution in [2.75, 3.05) is 7.11 Å². The number of aromatic nitrogens is 1. The lowest BCUT2D eigenvalue weighted by atomic mass is 10.1. The number of fused-ring (bicyclic) bond motifs is 1. The molecule has 0 amide bonds. The summed E-state index contributed by atoms with van der Waals surface area (Å²) in [6, 6.07) is 12.2. The fraction of sp³-hybridized carbons (Fsp3) is 0.250. The molecule has 0 aliphatic rings. The molecule has 0 saturated carbocycles. The van der Waals surface area contributed by atoms with E-state index in [0.29, 0.717) is 40.1 Å². The van der Waals surface area contributed by atoms with Gasteiger partial charge in [0.1, 0.15) is 0 Å². The van der Waals surface area contributed by atoms with Crippen LogP contribution in [0.3, 0.4) is 0 Å². The molecule has 7 heteroatoms. The molecule has 3 rings (SSSR count). The van der Waals surface area contributed by atoms with E-state index < -0.39 is 5.97 Å². The van der Waals surface area contributed by atoms with Crippen molar-refractivity contribution < 1.29 is 14.5 Å². The Bertz CT molecular complexity index is 1030. The number of benzene rings is 2. The summed E-state index contributed by atoms with van der Waals surface area (Å²) < 4.78 is 6.67. The second kappa shape index (κ2) is 7.80. The molecule has 1 heterocycles. The molecule has 6 nitrogen and oxygen atoms in total. The Morgan fingerprint density at radius 2 is 2.00 bits per heavy atom. The smallest absolute Gasteiger partial charge is 0.337 e. The summed E-state index contributed by atoms with van der Waals surface area (Å²) in [6.45, 7) is 2.35. The van der Waals surface area contributed by atoms with Gasteiger partial charge in [0.2, 0.25) is 0 Å². The molecule has 0 unspecified atom stereocenters. The molecular formula is C20H19ClN2O4. The first-order chi connectivity index (χ1) is 13.0. The average molecular weight is 387 g/mol. The summed E-state index contributed by atoms with van der Waals surface area (Å²) in [7, 11) is 1.31. The van der Waals surface area contributed by atoms with Crippen LogP contribution in [0.1, 0.15) is 35.0 Å². The molecule has 1 aromatic heterocycles. The van der Waals surface area contributed by atoms with Crippen molar-refractivity contribution in [3.8, 4) is 0 Å². The van der Waals surface area contributed by atoms with Gasteiger partial charge in [-0.15, -0.1) is 0 Å². The van der Waals surface area contributed by atoms with E-state index in [-0.39, 0.29) is 10.6 Å². The molecule has 0 aliphatic heterocycles.